The lowest BCUT2D eigenvalue weighted by molar-refractivity contribution is -0.174. The van der Waals surface area contributed by atoms with Gasteiger partial charge < -0.3 is 15.3 Å². The second kappa shape index (κ2) is 7.51. The normalized spacial score (nSPS) is 51.4. The second-order valence-corrected chi connectivity index (χ2v) is 11.9. The van der Waals surface area contributed by atoms with E-state index >= 15 is 0 Å². The smallest absolute Gasteiger partial charge is 0.306 e. The van der Waals surface area contributed by atoms with Gasteiger partial charge in [0, 0.05) is 0 Å². The Morgan fingerprint density at radius 2 is 1.62 bits per heavy atom. The van der Waals surface area contributed by atoms with E-state index in [1.807, 2.05) is 6.92 Å². The minimum atomic E-state index is -0.679. The highest BCUT2D eigenvalue weighted by atomic mass is 16.4. The molecular formula is C25H42O4. The van der Waals surface area contributed by atoms with Crippen LogP contribution in [0.5, 0.6) is 0 Å². The van der Waals surface area contributed by atoms with Crippen LogP contribution in [0.3, 0.4) is 0 Å². The maximum absolute atomic E-state index is 11.4. The van der Waals surface area contributed by atoms with Crippen molar-refractivity contribution in [2.45, 2.75) is 97.7 Å². The summed E-state index contributed by atoms with van der Waals surface area (Å²) in [5.41, 5.74) is 0.503. The minimum Gasteiger partial charge on any atom is -0.481 e. The van der Waals surface area contributed by atoms with E-state index in [0.29, 0.717) is 35.5 Å². The molecule has 0 radical (unpaired) electrons. The fourth-order valence-electron chi connectivity index (χ4n) is 9.00. The number of rotatable bonds is 4. The van der Waals surface area contributed by atoms with E-state index in [2.05, 4.69) is 20.8 Å². The highest BCUT2D eigenvalue weighted by Gasteiger charge is 2.62. The summed E-state index contributed by atoms with van der Waals surface area (Å²) in [4.78, 5) is 11.4. The van der Waals surface area contributed by atoms with Gasteiger partial charge in [-0.3, -0.25) is 4.79 Å². The summed E-state index contributed by atoms with van der Waals surface area (Å²) in [6.45, 7) is 9.02. The minimum absolute atomic E-state index is 0.182. The first-order valence-electron chi connectivity index (χ1n) is 12.2. The molecule has 0 aromatic rings. The quantitative estimate of drug-likeness (QED) is 0.631. The molecule has 3 N–H and O–H groups in total. The fourth-order valence-corrected chi connectivity index (χ4v) is 9.00. The Labute approximate surface area is 176 Å². The van der Waals surface area contributed by atoms with Crippen molar-refractivity contribution in [2.75, 3.05) is 0 Å². The monoisotopic (exact) mass is 406 g/mol. The molecule has 0 heterocycles. The van der Waals surface area contributed by atoms with E-state index in [9.17, 15) is 20.1 Å². The molecule has 0 aromatic heterocycles. The van der Waals surface area contributed by atoms with Gasteiger partial charge in [-0.2, -0.15) is 0 Å². The van der Waals surface area contributed by atoms with Crippen LogP contribution < -0.4 is 0 Å². The average molecular weight is 407 g/mol. The van der Waals surface area contributed by atoms with Gasteiger partial charge in [0.25, 0.3) is 0 Å². The zero-order chi connectivity index (χ0) is 21.1. The molecule has 0 amide bonds. The highest BCUT2D eigenvalue weighted by molar-refractivity contribution is 5.69. The lowest BCUT2D eigenvalue weighted by atomic mass is 9.43. The molecule has 0 aromatic carbocycles. The maximum atomic E-state index is 11.4. The number of aliphatic hydroxyl groups is 2. The summed E-state index contributed by atoms with van der Waals surface area (Å²) in [6.07, 6.45) is 8.87. The standard InChI is InChI=1S/C25H42O4/c1-14(11-15(2)23(28)29)18-5-6-19-22-20(8-10-25(18,19)4)24(3)9-7-17(26)12-16(24)13-21(22)27/h14-22,26-27H,5-13H2,1-4H3,(H,28,29)/t14-,15+,16+,17-,18-,19+,20+,21-,22+,24+,25-/m1/s1. The summed E-state index contributed by atoms with van der Waals surface area (Å²) in [7, 11) is 0. The highest BCUT2D eigenvalue weighted by Crippen LogP contribution is 2.68. The van der Waals surface area contributed by atoms with Crippen LogP contribution in [0.25, 0.3) is 0 Å². The molecule has 4 rings (SSSR count). The molecule has 4 nitrogen and oxygen atoms in total. The van der Waals surface area contributed by atoms with Crippen molar-refractivity contribution >= 4 is 5.97 Å². The molecule has 0 spiro atoms. The van der Waals surface area contributed by atoms with E-state index in [1.54, 1.807) is 0 Å². The van der Waals surface area contributed by atoms with Gasteiger partial charge in [-0.05, 0) is 104 Å². The SMILES string of the molecule is C[C@H](C[C@H](C)C(=O)O)[C@H]1CC[C@H]2[C@@H]3[C@H](O)C[C@@H]4C[C@H](O)CC[C@]4(C)[C@H]3CC[C@]12C. The predicted molar refractivity (Wildman–Crippen MR) is 113 cm³/mol. The first kappa shape index (κ1) is 21.6. The van der Waals surface area contributed by atoms with Crippen molar-refractivity contribution in [2.24, 2.45) is 52.3 Å². The molecule has 0 aliphatic heterocycles. The molecule has 11 atom stereocenters. The van der Waals surface area contributed by atoms with Crippen LogP contribution in [0, 0.1) is 52.3 Å². The topological polar surface area (TPSA) is 77.8 Å². The van der Waals surface area contributed by atoms with Gasteiger partial charge in [-0.15, -0.1) is 0 Å². The molecule has 29 heavy (non-hydrogen) atoms. The van der Waals surface area contributed by atoms with Gasteiger partial charge in [-0.25, -0.2) is 0 Å². The lowest BCUT2D eigenvalue weighted by Crippen LogP contribution is -2.58. The number of hydrogen-bond acceptors (Lipinski definition) is 3. The number of aliphatic carboxylic acids is 1. The van der Waals surface area contributed by atoms with Crippen LogP contribution in [0.1, 0.15) is 85.5 Å². The third-order valence-electron chi connectivity index (χ3n) is 10.6. The van der Waals surface area contributed by atoms with Crippen molar-refractivity contribution in [3.8, 4) is 0 Å². The van der Waals surface area contributed by atoms with Crippen molar-refractivity contribution in [3.63, 3.8) is 0 Å². The van der Waals surface area contributed by atoms with Gasteiger partial charge in [-0.1, -0.05) is 27.7 Å². The number of carboxylic acid groups (broad SMARTS) is 1. The van der Waals surface area contributed by atoms with Crippen LogP contribution >= 0.6 is 0 Å². The molecule has 166 valence electrons. The molecule has 4 fully saturated rings. The zero-order valence-electron chi connectivity index (χ0n) is 18.8. The van der Waals surface area contributed by atoms with Gasteiger partial charge in [0.15, 0.2) is 0 Å². The van der Waals surface area contributed by atoms with Gasteiger partial charge in [0.05, 0.1) is 18.1 Å². The molecule has 4 saturated carbocycles. The largest absolute Gasteiger partial charge is 0.481 e. The Morgan fingerprint density at radius 3 is 2.31 bits per heavy atom. The summed E-state index contributed by atoms with van der Waals surface area (Å²) >= 11 is 0. The Hall–Kier alpha value is -0.610. The van der Waals surface area contributed by atoms with Crippen LogP contribution in [-0.4, -0.2) is 33.5 Å². The predicted octanol–water partition coefficient (Wildman–Crippen LogP) is 4.72. The molecule has 0 unspecified atom stereocenters. The van der Waals surface area contributed by atoms with Gasteiger partial charge in [0.1, 0.15) is 0 Å². The van der Waals surface area contributed by atoms with E-state index in [-0.39, 0.29) is 29.0 Å². The first-order valence-corrected chi connectivity index (χ1v) is 12.2. The number of fused-ring (bicyclic) bond motifs is 5. The summed E-state index contributed by atoms with van der Waals surface area (Å²) < 4.78 is 0. The molecule has 4 aliphatic carbocycles. The number of carboxylic acids is 1. The zero-order valence-corrected chi connectivity index (χ0v) is 18.8. The number of carbonyl (C=O) groups is 1. The van der Waals surface area contributed by atoms with Crippen LogP contribution in [0.4, 0.5) is 0 Å². The third kappa shape index (κ3) is 3.37. The van der Waals surface area contributed by atoms with E-state index in [0.717, 1.165) is 32.1 Å². The van der Waals surface area contributed by atoms with Crippen LogP contribution in [0.2, 0.25) is 0 Å². The maximum Gasteiger partial charge on any atom is 0.306 e. The van der Waals surface area contributed by atoms with Crippen LogP contribution in [0.15, 0.2) is 0 Å². The van der Waals surface area contributed by atoms with Crippen molar-refractivity contribution in [1.82, 2.24) is 0 Å². The van der Waals surface area contributed by atoms with Crippen molar-refractivity contribution < 1.29 is 20.1 Å². The average Bonchev–Trinajstić information content (AvgIpc) is 3.00. The second-order valence-electron chi connectivity index (χ2n) is 11.9. The third-order valence-corrected chi connectivity index (χ3v) is 10.6. The van der Waals surface area contributed by atoms with E-state index in [4.69, 9.17) is 0 Å². The van der Waals surface area contributed by atoms with Gasteiger partial charge in [0.2, 0.25) is 0 Å². The van der Waals surface area contributed by atoms with E-state index in [1.165, 1.54) is 25.7 Å². The lowest BCUT2D eigenvalue weighted by Gasteiger charge is -2.62. The van der Waals surface area contributed by atoms with E-state index < -0.39 is 5.97 Å². The molecule has 0 saturated heterocycles. The summed E-state index contributed by atoms with van der Waals surface area (Å²) in [5.74, 6) is 2.02. The Bertz CT molecular complexity index is 634. The molecule has 0 bridgehead atoms. The summed E-state index contributed by atoms with van der Waals surface area (Å²) in [6, 6.07) is 0. The summed E-state index contributed by atoms with van der Waals surface area (Å²) in [5, 5.41) is 30.9. The first-order chi connectivity index (χ1) is 13.6. The molecule has 4 aliphatic rings. The Morgan fingerprint density at radius 1 is 0.966 bits per heavy atom. The van der Waals surface area contributed by atoms with Gasteiger partial charge >= 0.3 is 5.97 Å². The fraction of sp³-hybridized carbons (Fsp3) is 0.960. The van der Waals surface area contributed by atoms with Crippen molar-refractivity contribution in [1.29, 1.82) is 0 Å². The number of hydrogen-bond donors (Lipinski definition) is 3. The van der Waals surface area contributed by atoms with Crippen molar-refractivity contribution in [3.05, 3.63) is 0 Å². The Kier molecular flexibility index (Phi) is 5.60. The Balaban J connectivity index is 1.56. The molecule has 4 heteroatoms. The number of aliphatic hydroxyl groups excluding tert-OH is 2. The van der Waals surface area contributed by atoms with Crippen LogP contribution in [-0.2, 0) is 4.79 Å². The molecular weight excluding hydrogens is 364 g/mol.